The Hall–Kier alpha value is -3.10. The predicted molar refractivity (Wildman–Crippen MR) is 158 cm³/mol. The second-order valence-electron chi connectivity index (χ2n) is 12.6. The number of ether oxygens (including phenoxy) is 2. The molecule has 5 rings (SSSR count). The molecule has 1 amide bonds. The zero-order valence-corrected chi connectivity index (χ0v) is 25.2. The molecule has 0 unspecified atom stereocenters. The quantitative estimate of drug-likeness (QED) is 0.140. The molecule has 3 fully saturated rings. The SMILES string of the molecule is C#C[C@]1(CO)O[C@@H](n2cnc3c(NC(=O)CCCCCCCC)nc(F)nc32)C[C@@H]1OC(=O)C1CCC2(CCCC2)CC1. The van der Waals surface area contributed by atoms with Crippen LogP contribution in [0, 0.1) is 29.8 Å². The van der Waals surface area contributed by atoms with E-state index >= 15 is 0 Å². The van der Waals surface area contributed by atoms with Crippen LogP contribution in [0.25, 0.3) is 11.2 Å². The van der Waals surface area contributed by atoms with Crippen LogP contribution in [-0.2, 0) is 19.1 Å². The van der Waals surface area contributed by atoms with E-state index in [2.05, 4.69) is 33.1 Å². The number of terminal acetylenes is 1. The lowest BCUT2D eigenvalue weighted by molar-refractivity contribution is -0.165. The minimum Gasteiger partial charge on any atom is -0.458 e. The Balaban J connectivity index is 1.26. The van der Waals surface area contributed by atoms with E-state index < -0.39 is 30.6 Å². The van der Waals surface area contributed by atoms with E-state index in [1.54, 1.807) is 0 Å². The van der Waals surface area contributed by atoms with E-state index in [-0.39, 0.29) is 41.2 Å². The number of aromatic nitrogens is 4. The van der Waals surface area contributed by atoms with Gasteiger partial charge >= 0.3 is 12.0 Å². The number of anilines is 1. The summed E-state index contributed by atoms with van der Waals surface area (Å²) in [6.07, 6.45) is 19.7. The number of fused-ring (bicyclic) bond motifs is 1. The summed E-state index contributed by atoms with van der Waals surface area (Å²) < 4.78 is 28.1. The number of carbonyl (C=O) groups excluding carboxylic acids is 2. The number of nitrogens with zero attached hydrogens (tertiary/aromatic N) is 4. The summed E-state index contributed by atoms with van der Waals surface area (Å²) in [5.74, 6) is 1.66. The molecule has 43 heavy (non-hydrogen) atoms. The standard InChI is InChI=1S/C32H44FN5O5/c1-3-5-6-7-8-9-12-24(40)35-27-26-28(37-30(33)36-27)38(21-34-26)25-19-23(32(4-2,20-39)43-25)42-29(41)22-13-17-31(18-14-22)15-10-11-16-31/h2,21-23,25,39H,3,5-20H2,1H3,(H,35,36,37,40)/t23-,25+,32+/m0/s1. The average molecular weight is 598 g/mol. The van der Waals surface area contributed by atoms with E-state index in [0.717, 1.165) is 57.8 Å². The van der Waals surface area contributed by atoms with Crippen LogP contribution in [0.2, 0.25) is 0 Å². The highest BCUT2D eigenvalue weighted by Gasteiger charge is 2.52. The number of aliphatic hydroxyl groups excluding tert-OH is 1. The Morgan fingerprint density at radius 1 is 1.16 bits per heavy atom. The van der Waals surface area contributed by atoms with Gasteiger partial charge in [0.25, 0.3) is 0 Å². The lowest BCUT2D eigenvalue weighted by atomic mass is 9.69. The average Bonchev–Trinajstić information content (AvgIpc) is 3.73. The topological polar surface area (TPSA) is 128 Å². The van der Waals surface area contributed by atoms with Gasteiger partial charge in [-0.1, -0.05) is 57.8 Å². The van der Waals surface area contributed by atoms with Crippen LogP contribution in [-0.4, -0.2) is 54.8 Å². The zero-order valence-electron chi connectivity index (χ0n) is 25.2. The maximum absolute atomic E-state index is 14.6. The summed E-state index contributed by atoms with van der Waals surface area (Å²) in [6, 6.07) is 0. The van der Waals surface area contributed by atoms with Gasteiger partial charge in [-0.3, -0.25) is 14.2 Å². The number of rotatable bonds is 12. The lowest BCUT2D eigenvalue weighted by Crippen LogP contribution is -2.45. The fourth-order valence-electron chi connectivity index (χ4n) is 7.14. The molecule has 0 radical (unpaired) electrons. The van der Waals surface area contributed by atoms with Gasteiger partial charge in [0.2, 0.25) is 5.91 Å². The molecule has 234 valence electrons. The number of carbonyl (C=O) groups is 2. The van der Waals surface area contributed by atoms with Crippen molar-refractivity contribution < 1.29 is 28.6 Å². The highest BCUT2D eigenvalue weighted by atomic mass is 19.1. The minimum absolute atomic E-state index is 0.0269. The molecule has 3 atom stereocenters. The molecular formula is C32H44FN5O5. The molecule has 11 heteroatoms. The van der Waals surface area contributed by atoms with Crippen LogP contribution in [0.4, 0.5) is 10.2 Å². The second-order valence-corrected chi connectivity index (χ2v) is 12.6. The number of nitrogens with one attached hydrogen (secondary N) is 1. The van der Waals surface area contributed by atoms with Gasteiger partial charge in [-0.25, -0.2) is 4.98 Å². The Labute approximate surface area is 252 Å². The fourth-order valence-corrected chi connectivity index (χ4v) is 7.14. The molecule has 2 saturated carbocycles. The van der Waals surface area contributed by atoms with Crippen LogP contribution in [0.1, 0.15) is 116 Å². The summed E-state index contributed by atoms with van der Waals surface area (Å²) in [4.78, 5) is 37.9. The van der Waals surface area contributed by atoms with E-state index in [1.807, 2.05) is 0 Å². The first kappa shape index (κ1) is 31.3. The molecular weight excluding hydrogens is 553 g/mol. The van der Waals surface area contributed by atoms with E-state index in [1.165, 1.54) is 43.0 Å². The molecule has 10 nitrogen and oxygen atoms in total. The number of aliphatic hydroxyl groups is 1. The summed E-state index contributed by atoms with van der Waals surface area (Å²) in [5.41, 5.74) is -0.895. The number of amides is 1. The second kappa shape index (κ2) is 13.7. The van der Waals surface area contributed by atoms with Crippen molar-refractivity contribution in [1.29, 1.82) is 0 Å². The molecule has 1 aliphatic heterocycles. The van der Waals surface area contributed by atoms with Gasteiger partial charge in [-0.15, -0.1) is 6.42 Å². The summed E-state index contributed by atoms with van der Waals surface area (Å²) in [7, 11) is 0. The highest BCUT2D eigenvalue weighted by Crippen LogP contribution is 2.50. The van der Waals surface area contributed by atoms with Crippen molar-refractivity contribution in [2.75, 3.05) is 11.9 Å². The number of imidazole rings is 1. The third kappa shape index (κ3) is 6.86. The van der Waals surface area contributed by atoms with Gasteiger partial charge in [0.15, 0.2) is 22.6 Å². The summed E-state index contributed by atoms with van der Waals surface area (Å²) >= 11 is 0. The Morgan fingerprint density at radius 2 is 1.88 bits per heavy atom. The number of esters is 1. The molecule has 0 bridgehead atoms. The summed E-state index contributed by atoms with van der Waals surface area (Å²) in [6.45, 7) is 1.59. The number of unbranched alkanes of at least 4 members (excludes halogenated alkanes) is 5. The maximum Gasteiger partial charge on any atom is 0.312 e. The molecule has 0 aromatic carbocycles. The van der Waals surface area contributed by atoms with Gasteiger partial charge in [0.05, 0.1) is 18.9 Å². The Morgan fingerprint density at radius 3 is 2.58 bits per heavy atom. The first-order valence-electron chi connectivity index (χ1n) is 16.0. The Bertz CT molecular complexity index is 1330. The van der Waals surface area contributed by atoms with Crippen molar-refractivity contribution in [2.24, 2.45) is 11.3 Å². The number of hydrogen-bond donors (Lipinski definition) is 2. The van der Waals surface area contributed by atoms with E-state index in [4.69, 9.17) is 15.9 Å². The van der Waals surface area contributed by atoms with Gasteiger partial charge in [-0.2, -0.15) is 14.4 Å². The van der Waals surface area contributed by atoms with Crippen molar-refractivity contribution in [2.45, 2.75) is 128 Å². The van der Waals surface area contributed by atoms with Crippen LogP contribution >= 0.6 is 0 Å². The highest BCUT2D eigenvalue weighted by molar-refractivity contribution is 5.96. The van der Waals surface area contributed by atoms with Crippen LogP contribution in [0.5, 0.6) is 0 Å². The molecule has 3 heterocycles. The van der Waals surface area contributed by atoms with Crippen molar-refractivity contribution >= 4 is 28.9 Å². The van der Waals surface area contributed by atoms with Crippen molar-refractivity contribution in [3.05, 3.63) is 12.4 Å². The number of halogens is 1. The molecule has 1 saturated heterocycles. The van der Waals surface area contributed by atoms with Crippen molar-refractivity contribution in [3.8, 4) is 12.3 Å². The summed E-state index contributed by atoms with van der Waals surface area (Å²) in [5, 5.41) is 13.0. The van der Waals surface area contributed by atoms with Crippen LogP contribution in [0.15, 0.2) is 6.33 Å². The monoisotopic (exact) mass is 597 g/mol. The largest absolute Gasteiger partial charge is 0.458 e. The normalized spacial score (nSPS) is 25.3. The van der Waals surface area contributed by atoms with Gasteiger partial charge < -0.3 is 19.9 Å². The van der Waals surface area contributed by atoms with Crippen molar-refractivity contribution in [3.63, 3.8) is 0 Å². The third-order valence-electron chi connectivity index (χ3n) is 9.78. The van der Waals surface area contributed by atoms with Crippen LogP contribution in [0.3, 0.4) is 0 Å². The third-order valence-corrected chi connectivity index (χ3v) is 9.78. The smallest absolute Gasteiger partial charge is 0.312 e. The molecule has 2 aliphatic carbocycles. The molecule has 2 aromatic heterocycles. The predicted octanol–water partition coefficient (Wildman–Crippen LogP) is 5.60. The molecule has 1 spiro atoms. The van der Waals surface area contributed by atoms with Crippen LogP contribution < -0.4 is 5.32 Å². The Kier molecular flexibility index (Phi) is 9.97. The maximum atomic E-state index is 14.6. The first-order valence-corrected chi connectivity index (χ1v) is 16.0. The van der Waals surface area contributed by atoms with E-state index in [9.17, 15) is 19.1 Å². The molecule has 2 N–H and O–H groups in total. The number of hydrogen-bond acceptors (Lipinski definition) is 8. The van der Waals surface area contributed by atoms with E-state index in [0.29, 0.717) is 11.8 Å². The molecule has 3 aliphatic rings. The van der Waals surface area contributed by atoms with Gasteiger partial charge in [-0.05, 0) is 50.4 Å². The first-order chi connectivity index (χ1) is 20.8. The van der Waals surface area contributed by atoms with Crippen molar-refractivity contribution in [1.82, 2.24) is 19.5 Å². The lowest BCUT2D eigenvalue weighted by Gasteiger charge is -2.37. The zero-order chi connectivity index (χ0) is 30.5. The minimum atomic E-state index is -1.57. The molecule has 2 aromatic rings. The van der Waals surface area contributed by atoms with Gasteiger partial charge in [0.1, 0.15) is 12.3 Å². The fraction of sp³-hybridized carbons (Fsp3) is 0.719. The van der Waals surface area contributed by atoms with Gasteiger partial charge in [0, 0.05) is 12.8 Å².